The average molecular weight is 366 g/mol. The molecule has 0 spiro atoms. The number of aryl methyl sites for hydroxylation is 1. The summed E-state index contributed by atoms with van der Waals surface area (Å²) >= 11 is 1.45. The zero-order chi connectivity index (χ0) is 18.1. The molecule has 4 rings (SSSR count). The van der Waals surface area contributed by atoms with Crippen molar-refractivity contribution in [2.75, 3.05) is 11.9 Å². The van der Waals surface area contributed by atoms with Crippen molar-refractivity contribution in [3.05, 3.63) is 59.4 Å². The van der Waals surface area contributed by atoms with E-state index in [-0.39, 0.29) is 11.7 Å². The van der Waals surface area contributed by atoms with Crippen molar-refractivity contribution in [1.29, 1.82) is 0 Å². The Hall–Kier alpha value is -2.70. The summed E-state index contributed by atoms with van der Waals surface area (Å²) in [6.07, 6.45) is 0. The zero-order valence-electron chi connectivity index (χ0n) is 14.5. The third kappa shape index (κ3) is 2.98. The first-order valence-electron chi connectivity index (χ1n) is 8.43. The van der Waals surface area contributed by atoms with E-state index in [0.717, 1.165) is 26.7 Å². The van der Waals surface area contributed by atoms with Crippen LogP contribution in [0.2, 0.25) is 0 Å². The van der Waals surface area contributed by atoms with Crippen LogP contribution < -0.4 is 5.32 Å². The number of rotatable bonds is 5. The van der Waals surface area contributed by atoms with E-state index in [9.17, 15) is 4.79 Å². The third-order valence-electron chi connectivity index (χ3n) is 4.20. The molecule has 2 heterocycles. The molecule has 5 nitrogen and oxygen atoms in total. The Morgan fingerprint density at radius 3 is 2.88 bits per heavy atom. The Morgan fingerprint density at radius 2 is 2.08 bits per heavy atom. The minimum atomic E-state index is -0.312. The van der Waals surface area contributed by atoms with Gasteiger partial charge in [-0.2, -0.15) is 0 Å². The number of fused-ring (bicyclic) bond motifs is 2. The summed E-state index contributed by atoms with van der Waals surface area (Å²) in [5.74, 6) is -0.0387. The summed E-state index contributed by atoms with van der Waals surface area (Å²) in [5, 5.41) is 4.32. The van der Waals surface area contributed by atoms with E-state index in [1.54, 1.807) is 0 Å². The van der Waals surface area contributed by atoms with E-state index in [4.69, 9.17) is 9.15 Å². The average Bonchev–Trinajstić information content (AvgIpc) is 3.22. The number of amides is 1. The summed E-state index contributed by atoms with van der Waals surface area (Å²) in [5.41, 5.74) is 3.43. The van der Waals surface area contributed by atoms with Gasteiger partial charge in [-0.3, -0.25) is 10.1 Å². The van der Waals surface area contributed by atoms with Crippen LogP contribution in [-0.2, 0) is 11.3 Å². The topological polar surface area (TPSA) is 64.4 Å². The van der Waals surface area contributed by atoms with Crippen molar-refractivity contribution in [3.8, 4) is 0 Å². The van der Waals surface area contributed by atoms with Gasteiger partial charge < -0.3 is 9.15 Å². The van der Waals surface area contributed by atoms with Crippen LogP contribution >= 0.6 is 11.3 Å². The number of ether oxygens (including phenoxy) is 1. The molecule has 4 aromatic rings. The van der Waals surface area contributed by atoms with E-state index in [1.165, 1.54) is 11.3 Å². The molecule has 0 atom stereocenters. The SMILES string of the molecule is CCOCc1c(C(=O)Nc2nc3c(C)cccc3s2)oc2ccccc12. The summed E-state index contributed by atoms with van der Waals surface area (Å²) in [7, 11) is 0. The van der Waals surface area contributed by atoms with Crippen LogP contribution in [-0.4, -0.2) is 17.5 Å². The molecule has 26 heavy (non-hydrogen) atoms. The van der Waals surface area contributed by atoms with Gasteiger partial charge in [0, 0.05) is 17.6 Å². The number of furan rings is 1. The lowest BCUT2D eigenvalue weighted by atomic mass is 10.1. The molecule has 0 aliphatic heterocycles. The number of anilines is 1. The van der Waals surface area contributed by atoms with Crippen LogP contribution in [0, 0.1) is 6.92 Å². The number of hydrogen-bond donors (Lipinski definition) is 1. The van der Waals surface area contributed by atoms with Gasteiger partial charge >= 0.3 is 0 Å². The lowest BCUT2D eigenvalue weighted by Gasteiger charge is -2.03. The maximum Gasteiger partial charge on any atom is 0.293 e. The molecule has 0 bridgehead atoms. The first-order chi connectivity index (χ1) is 12.7. The quantitative estimate of drug-likeness (QED) is 0.531. The molecule has 0 saturated heterocycles. The van der Waals surface area contributed by atoms with Gasteiger partial charge in [-0.1, -0.05) is 41.7 Å². The highest BCUT2D eigenvalue weighted by atomic mass is 32.1. The standard InChI is InChI=1S/C20H18N2O3S/c1-3-24-11-14-13-8-4-5-9-15(13)25-18(14)19(23)22-20-21-17-12(2)7-6-10-16(17)26-20/h4-10H,3,11H2,1-2H3,(H,21,22,23). The second-order valence-electron chi connectivity index (χ2n) is 5.94. The maximum atomic E-state index is 12.8. The second kappa shape index (κ2) is 6.90. The molecule has 1 amide bonds. The molecule has 1 N–H and O–H groups in total. The lowest BCUT2D eigenvalue weighted by Crippen LogP contribution is -2.13. The molecule has 0 aliphatic carbocycles. The third-order valence-corrected chi connectivity index (χ3v) is 5.13. The van der Waals surface area contributed by atoms with Crippen LogP contribution in [0.1, 0.15) is 28.6 Å². The smallest absolute Gasteiger partial charge is 0.293 e. The van der Waals surface area contributed by atoms with Crippen LogP contribution in [0.15, 0.2) is 46.9 Å². The molecule has 0 saturated carbocycles. The minimum absolute atomic E-state index is 0.274. The second-order valence-corrected chi connectivity index (χ2v) is 6.97. The molecule has 0 fully saturated rings. The first kappa shape index (κ1) is 16.8. The number of carbonyl (C=O) groups is 1. The molecule has 6 heteroatoms. The number of carbonyl (C=O) groups excluding carboxylic acids is 1. The fourth-order valence-electron chi connectivity index (χ4n) is 2.92. The fraction of sp³-hybridized carbons (Fsp3) is 0.200. The Bertz CT molecular complexity index is 1100. The number of para-hydroxylation sites is 2. The van der Waals surface area contributed by atoms with E-state index in [2.05, 4.69) is 10.3 Å². The summed E-state index contributed by atoms with van der Waals surface area (Å²) in [4.78, 5) is 17.4. The van der Waals surface area contributed by atoms with Crippen LogP contribution in [0.5, 0.6) is 0 Å². The molecule has 0 aliphatic rings. The van der Waals surface area contributed by atoms with Gasteiger partial charge in [-0.25, -0.2) is 4.98 Å². The van der Waals surface area contributed by atoms with Gasteiger partial charge in [0.05, 0.1) is 16.8 Å². The Balaban J connectivity index is 1.69. The molecular weight excluding hydrogens is 348 g/mol. The maximum absolute atomic E-state index is 12.8. The predicted molar refractivity (Wildman–Crippen MR) is 104 cm³/mol. The van der Waals surface area contributed by atoms with Gasteiger partial charge in [0.25, 0.3) is 5.91 Å². The van der Waals surface area contributed by atoms with Crippen molar-refractivity contribution < 1.29 is 13.9 Å². The van der Waals surface area contributed by atoms with Crippen molar-refractivity contribution >= 4 is 43.6 Å². The highest BCUT2D eigenvalue weighted by Crippen LogP contribution is 2.30. The van der Waals surface area contributed by atoms with Gasteiger partial charge in [0.15, 0.2) is 10.9 Å². The largest absolute Gasteiger partial charge is 0.451 e. The number of nitrogens with zero attached hydrogens (tertiary/aromatic N) is 1. The van der Waals surface area contributed by atoms with E-state index >= 15 is 0 Å². The Morgan fingerprint density at radius 1 is 1.23 bits per heavy atom. The Kier molecular flexibility index (Phi) is 4.44. The van der Waals surface area contributed by atoms with Gasteiger partial charge in [0.1, 0.15) is 5.58 Å². The number of aromatic nitrogens is 1. The van der Waals surface area contributed by atoms with Crippen LogP contribution in [0.3, 0.4) is 0 Å². The van der Waals surface area contributed by atoms with Crippen molar-refractivity contribution in [2.45, 2.75) is 20.5 Å². The lowest BCUT2D eigenvalue weighted by molar-refractivity contribution is 0.0984. The molecular formula is C20H18N2O3S. The molecule has 2 aromatic carbocycles. The van der Waals surface area contributed by atoms with Crippen molar-refractivity contribution in [1.82, 2.24) is 4.98 Å². The first-order valence-corrected chi connectivity index (χ1v) is 9.24. The molecule has 0 radical (unpaired) electrons. The summed E-state index contributed by atoms with van der Waals surface area (Å²) < 4.78 is 12.4. The summed E-state index contributed by atoms with van der Waals surface area (Å²) in [6.45, 7) is 4.82. The Labute approximate surface area is 154 Å². The molecule has 132 valence electrons. The van der Waals surface area contributed by atoms with E-state index in [0.29, 0.717) is 23.9 Å². The molecule has 2 aromatic heterocycles. The highest BCUT2D eigenvalue weighted by Gasteiger charge is 2.21. The molecule has 0 unspecified atom stereocenters. The monoisotopic (exact) mass is 366 g/mol. The number of nitrogens with one attached hydrogen (secondary N) is 1. The van der Waals surface area contributed by atoms with Crippen molar-refractivity contribution in [2.24, 2.45) is 0 Å². The predicted octanol–water partition coefficient (Wildman–Crippen LogP) is 5.14. The van der Waals surface area contributed by atoms with E-state index < -0.39 is 0 Å². The van der Waals surface area contributed by atoms with Crippen LogP contribution in [0.25, 0.3) is 21.2 Å². The van der Waals surface area contributed by atoms with Crippen LogP contribution in [0.4, 0.5) is 5.13 Å². The highest BCUT2D eigenvalue weighted by molar-refractivity contribution is 7.22. The minimum Gasteiger partial charge on any atom is -0.451 e. The fourth-order valence-corrected chi connectivity index (χ4v) is 3.86. The number of thiazole rings is 1. The normalized spacial score (nSPS) is 11.3. The van der Waals surface area contributed by atoms with Gasteiger partial charge in [-0.15, -0.1) is 0 Å². The van der Waals surface area contributed by atoms with E-state index in [1.807, 2.05) is 56.3 Å². The number of hydrogen-bond acceptors (Lipinski definition) is 5. The summed E-state index contributed by atoms with van der Waals surface area (Å²) in [6, 6.07) is 13.6. The van der Waals surface area contributed by atoms with Crippen molar-refractivity contribution in [3.63, 3.8) is 0 Å². The van der Waals surface area contributed by atoms with Gasteiger partial charge in [0.2, 0.25) is 0 Å². The zero-order valence-corrected chi connectivity index (χ0v) is 15.4. The van der Waals surface area contributed by atoms with Gasteiger partial charge in [-0.05, 0) is 31.5 Å². The number of benzene rings is 2.